The molecule has 3 heteroatoms. The van der Waals surface area contributed by atoms with E-state index >= 15 is 0 Å². The number of aromatic nitrogens is 1. The molecule has 1 N–H and O–H groups in total. The molecule has 0 fully saturated rings. The largest absolute Gasteiger partial charge is 0.307 e. The van der Waals surface area contributed by atoms with Crippen molar-refractivity contribution in [1.82, 2.24) is 4.98 Å². The molecule has 0 unspecified atom stereocenters. The van der Waals surface area contributed by atoms with Crippen LogP contribution in [0.5, 0.6) is 0 Å². The highest BCUT2D eigenvalue weighted by atomic mass is 16.1. The standard InChI is InChI=1S/C17H18N2O/c1-12-6-9-16(18-11-12)19-17(20)15-8-7-13-4-2-3-5-14(13)10-15/h6-11H,2-5H2,1H3,(H,18,19,20). The lowest BCUT2D eigenvalue weighted by molar-refractivity contribution is 0.102. The van der Waals surface area contributed by atoms with Crippen molar-refractivity contribution in [3.05, 3.63) is 58.8 Å². The van der Waals surface area contributed by atoms with Crippen LogP contribution in [0.1, 0.15) is 39.9 Å². The van der Waals surface area contributed by atoms with Gasteiger partial charge < -0.3 is 5.32 Å². The average Bonchev–Trinajstić information content (AvgIpc) is 2.49. The number of hydrogen-bond donors (Lipinski definition) is 1. The Labute approximate surface area is 119 Å². The first-order valence-electron chi connectivity index (χ1n) is 7.08. The highest BCUT2D eigenvalue weighted by molar-refractivity contribution is 6.03. The average molecular weight is 266 g/mol. The number of nitrogens with zero attached hydrogens (tertiary/aromatic N) is 1. The minimum atomic E-state index is -0.0882. The lowest BCUT2D eigenvalue weighted by Gasteiger charge is -2.16. The van der Waals surface area contributed by atoms with Crippen molar-refractivity contribution in [2.24, 2.45) is 0 Å². The van der Waals surface area contributed by atoms with Gasteiger partial charge in [0.2, 0.25) is 0 Å². The third-order valence-electron chi connectivity index (χ3n) is 3.76. The molecule has 102 valence electrons. The third-order valence-corrected chi connectivity index (χ3v) is 3.76. The molecular weight excluding hydrogens is 248 g/mol. The molecule has 0 aliphatic heterocycles. The van der Waals surface area contributed by atoms with Gasteiger partial charge >= 0.3 is 0 Å². The molecule has 0 radical (unpaired) electrons. The molecule has 1 heterocycles. The first-order valence-corrected chi connectivity index (χ1v) is 7.08. The number of anilines is 1. The van der Waals surface area contributed by atoms with Crippen LogP contribution >= 0.6 is 0 Å². The lowest BCUT2D eigenvalue weighted by Crippen LogP contribution is -2.14. The number of rotatable bonds is 2. The Balaban J connectivity index is 1.78. The topological polar surface area (TPSA) is 42.0 Å². The van der Waals surface area contributed by atoms with Gasteiger partial charge in [-0.3, -0.25) is 4.79 Å². The maximum Gasteiger partial charge on any atom is 0.256 e. The first kappa shape index (κ1) is 12.9. The SMILES string of the molecule is Cc1ccc(NC(=O)c2ccc3c(c2)CCCC3)nc1. The highest BCUT2D eigenvalue weighted by Gasteiger charge is 2.13. The molecule has 1 aliphatic rings. The Morgan fingerprint density at radius 2 is 1.90 bits per heavy atom. The predicted octanol–water partition coefficient (Wildman–Crippen LogP) is 3.52. The fourth-order valence-electron chi connectivity index (χ4n) is 2.60. The van der Waals surface area contributed by atoms with Crippen LogP contribution in [0.15, 0.2) is 36.5 Å². The number of carbonyl (C=O) groups excluding carboxylic acids is 1. The fraction of sp³-hybridized carbons (Fsp3) is 0.294. The monoisotopic (exact) mass is 266 g/mol. The summed E-state index contributed by atoms with van der Waals surface area (Å²) in [6.45, 7) is 1.97. The van der Waals surface area contributed by atoms with Gasteiger partial charge in [0.15, 0.2) is 0 Å². The van der Waals surface area contributed by atoms with E-state index in [0.29, 0.717) is 11.4 Å². The molecule has 0 atom stereocenters. The van der Waals surface area contributed by atoms with Crippen LogP contribution in [0.3, 0.4) is 0 Å². The van der Waals surface area contributed by atoms with Crippen molar-refractivity contribution >= 4 is 11.7 Å². The van der Waals surface area contributed by atoms with Gasteiger partial charge in [0.1, 0.15) is 5.82 Å². The molecule has 20 heavy (non-hydrogen) atoms. The summed E-state index contributed by atoms with van der Waals surface area (Å²) in [7, 11) is 0. The van der Waals surface area contributed by atoms with Crippen LogP contribution in [-0.2, 0) is 12.8 Å². The summed E-state index contributed by atoms with van der Waals surface area (Å²) < 4.78 is 0. The van der Waals surface area contributed by atoms with Crippen molar-refractivity contribution in [2.45, 2.75) is 32.6 Å². The zero-order valence-electron chi connectivity index (χ0n) is 11.6. The van der Waals surface area contributed by atoms with E-state index in [0.717, 1.165) is 18.4 Å². The summed E-state index contributed by atoms with van der Waals surface area (Å²) in [6.07, 6.45) is 6.45. The fourth-order valence-corrected chi connectivity index (χ4v) is 2.60. The van der Waals surface area contributed by atoms with Gasteiger partial charge in [-0.15, -0.1) is 0 Å². The second-order valence-electron chi connectivity index (χ2n) is 5.37. The molecule has 0 spiro atoms. The van der Waals surface area contributed by atoms with Crippen molar-refractivity contribution < 1.29 is 4.79 Å². The van der Waals surface area contributed by atoms with Gasteiger partial charge in [0.05, 0.1) is 0 Å². The van der Waals surface area contributed by atoms with Crippen molar-refractivity contribution in [3.8, 4) is 0 Å². The molecule has 1 aromatic carbocycles. The third kappa shape index (κ3) is 2.72. The molecule has 0 saturated carbocycles. The van der Waals surface area contributed by atoms with Gasteiger partial charge in [-0.1, -0.05) is 12.1 Å². The van der Waals surface area contributed by atoms with Gasteiger partial charge in [-0.05, 0) is 67.5 Å². The maximum absolute atomic E-state index is 12.2. The maximum atomic E-state index is 12.2. The van der Waals surface area contributed by atoms with Crippen LogP contribution in [0.4, 0.5) is 5.82 Å². The van der Waals surface area contributed by atoms with Crippen molar-refractivity contribution in [1.29, 1.82) is 0 Å². The summed E-state index contributed by atoms with van der Waals surface area (Å²) in [5, 5.41) is 2.84. The first-order chi connectivity index (χ1) is 9.72. The molecule has 2 aromatic rings. The Morgan fingerprint density at radius 3 is 2.65 bits per heavy atom. The van der Waals surface area contributed by atoms with Crippen molar-refractivity contribution in [2.75, 3.05) is 5.32 Å². The van der Waals surface area contributed by atoms with E-state index in [4.69, 9.17) is 0 Å². The normalized spacial score (nSPS) is 13.7. The minimum absolute atomic E-state index is 0.0882. The minimum Gasteiger partial charge on any atom is -0.307 e. The van der Waals surface area contributed by atoms with E-state index in [1.165, 1.54) is 24.0 Å². The Morgan fingerprint density at radius 1 is 1.10 bits per heavy atom. The highest BCUT2D eigenvalue weighted by Crippen LogP contribution is 2.22. The lowest BCUT2D eigenvalue weighted by atomic mass is 9.90. The van der Waals surface area contributed by atoms with Crippen molar-refractivity contribution in [3.63, 3.8) is 0 Å². The van der Waals surface area contributed by atoms with Crippen LogP contribution < -0.4 is 5.32 Å². The van der Waals surface area contributed by atoms with Gasteiger partial charge in [-0.2, -0.15) is 0 Å². The second-order valence-corrected chi connectivity index (χ2v) is 5.37. The number of amides is 1. The van der Waals surface area contributed by atoms with Crippen LogP contribution in [0, 0.1) is 6.92 Å². The number of aryl methyl sites for hydroxylation is 3. The molecular formula is C17H18N2O. The molecule has 1 aromatic heterocycles. The smallest absolute Gasteiger partial charge is 0.256 e. The molecule has 3 rings (SSSR count). The molecule has 1 amide bonds. The molecule has 3 nitrogen and oxygen atoms in total. The molecule has 0 saturated heterocycles. The number of nitrogens with one attached hydrogen (secondary N) is 1. The Hall–Kier alpha value is -2.16. The molecule has 0 bridgehead atoms. The summed E-state index contributed by atoms with van der Waals surface area (Å²) in [6, 6.07) is 9.79. The zero-order valence-corrected chi connectivity index (χ0v) is 11.6. The Bertz CT molecular complexity index is 632. The summed E-state index contributed by atoms with van der Waals surface area (Å²) in [5.74, 6) is 0.507. The van der Waals surface area contributed by atoms with Gasteiger partial charge in [-0.25, -0.2) is 4.98 Å². The molecule has 1 aliphatic carbocycles. The summed E-state index contributed by atoms with van der Waals surface area (Å²) in [5.41, 5.74) is 4.51. The van der Waals surface area contributed by atoms with E-state index in [-0.39, 0.29) is 5.91 Å². The van der Waals surface area contributed by atoms with Crippen LogP contribution in [-0.4, -0.2) is 10.9 Å². The van der Waals surface area contributed by atoms with E-state index in [1.807, 2.05) is 31.2 Å². The zero-order chi connectivity index (χ0) is 13.9. The van der Waals surface area contributed by atoms with Gasteiger partial charge in [0.25, 0.3) is 5.91 Å². The number of fused-ring (bicyclic) bond motifs is 1. The number of carbonyl (C=O) groups is 1. The van der Waals surface area contributed by atoms with E-state index in [1.54, 1.807) is 6.20 Å². The summed E-state index contributed by atoms with van der Waals surface area (Å²) in [4.78, 5) is 16.4. The number of hydrogen-bond acceptors (Lipinski definition) is 2. The van der Waals surface area contributed by atoms with Crippen LogP contribution in [0.25, 0.3) is 0 Å². The number of pyridine rings is 1. The summed E-state index contributed by atoms with van der Waals surface area (Å²) >= 11 is 0. The van der Waals surface area contributed by atoms with Crippen LogP contribution in [0.2, 0.25) is 0 Å². The van der Waals surface area contributed by atoms with Gasteiger partial charge in [0, 0.05) is 11.8 Å². The number of benzene rings is 1. The second kappa shape index (κ2) is 5.45. The van der Waals surface area contributed by atoms with E-state index < -0.39 is 0 Å². The quantitative estimate of drug-likeness (QED) is 0.903. The predicted molar refractivity (Wildman–Crippen MR) is 80.0 cm³/mol. The van der Waals surface area contributed by atoms with E-state index in [9.17, 15) is 4.79 Å². The van der Waals surface area contributed by atoms with E-state index in [2.05, 4.69) is 16.4 Å². The Kier molecular flexibility index (Phi) is 3.50.